The molecule has 1 N–H and O–H groups in total. The van der Waals surface area contributed by atoms with E-state index in [0.29, 0.717) is 25.5 Å². The lowest BCUT2D eigenvalue weighted by Gasteiger charge is -2.40. The molecule has 0 unspecified atom stereocenters. The molecule has 6 heteroatoms. The molecule has 21 heavy (non-hydrogen) atoms. The Morgan fingerprint density at radius 2 is 2.14 bits per heavy atom. The first-order valence-corrected chi connectivity index (χ1v) is 7.16. The summed E-state index contributed by atoms with van der Waals surface area (Å²) in [6.45, 7) is 9.29. The van der Waals surface area contributed by atoms with Crippen molar-refractivity contribution in [1.29, 1.82) is 0 Å². The highest BCUT2D eigenvalue weighted by atomic mass is 16.6. The third-order valence-electron chi connectivity index (χ3n) is 3.32. The van der Waals surface area contributed by atoms with Crippen molar-refractivity contribution >= 4 is 11.9 Å². The van der Waals surface area contributed by atoms with Crippen molar-refractivity contribution in [2.75, 3.05) is 24.5 Å². The molecule has 1 amide bonds. The Hall–Kier alpha value is -1.98. The van der Waals surface area contributed by atoms with E-state index < -0.39 is 5.60 Å². The average Bonchev–Trinajstić information content (AvgIpc) is 2.38. The van der Waals surface area contributed by atoms with Crippen LogP contribution in [0.25, 0.3) is 0 Å². The smallest absolute Gasteiger partial charge is 0.410 e. The second-order valence-electron chi connectivity index (χ2n) is 6.31. The number of amides is 1. The fourth-order valence-corrected chi connectivity index (χ4v) is 2.37. The van der Waals surface area contributed by atoms with Gasteiger partial charge in [0.25, 0.3) is 0 Å². The van der Waals surface area contributed by atoms with Crippen molar-refractivity contribution in [1.82, 2.24) is 9.88 Å². The van der Waals surface area contributed by atoms with Crippen LogP contribution in [0.5, 0.6) is 5.75 Å². The van der Waals surface area contributed by atoms with Gasteiger partial charge >= 0.3 is 6.09 Å². The highest BCUT2D eigenvalue weighted by Gasteiger charge is 2.31. The van der Waals surface area contributed by atoms with Crippen molar-refractivity contribution in [3.8, 4) is 5.75 Å². The molecule has 2 heterocycles. The molecule has 0 radical (unpaired) electrons. The van der Waals surface area contributed by atoms with Gasteiger partial charge in [-0.25, -0.2) is 9.78 Å². The number of aromatic hydroxyl groups is 1. The van der Waals surface area contributed by atoms with Crippen LogP contribution < -0.4 is 4.90 Å². The van der Waals surface area contributed by atoms with Crippen molar-refractivity contribution in [2.45, 2.75) is 39.3 Å². The second kappa shape index (κ2) is 5.79. The number of rotatable bonds is 1. The molecule has 2 rings (SSSR count). The largest absolute Gasteiger partial charge is 0.504 e. The van der Waals surface area contributed by atoms with Crippen molar-refractivity contribution in [3.05, 3.63) is 18.3 Å². The van der Waals surface area contributed by atoms with Crippen LogP contribution in [0.15, 0.2) is 18.3 Å². The Morgan fingerprint density at radius 3 is 2.71 bits per heavy atom. The molecule has 0 bridgehead atoms. The van der Waals surface area contributed by atoms with E-state index in [2.05, 4.69) is 4.98 Å². The molecule has 1 atom stereocenters. The number of ether oxygens (including phenoxy) is 1. The highest BCUT2D eigenvalue weighted by molar-refractivity contribution is 5.69. The standard InChI is InChI=1S/C15H23N3O3/c1-11-10-17(14(20)21-15(2,3)4)8-9-18(11)13-12(19)6-5-7-16-13/h5-7,11,19H,8-10H2,1-4H3/t11-/m0/s1. The lowest BCUT2D eigenvalue weighted by Crippen LogP contribution is -2.54. The predicted molar refractivity (Wildman–Crippen MR) is 80.5 cm³/mol. The minimum atomic E-state index is -0.489. The van der Waals surface area contributed by atoms with Crippen LogP contribution in [0.4, 0.5) is 10.6 Å². The van der Waals surface area contributed by atoms with Crippen LogP contribution in [-0.4, -0.2) is 52.4 Å². The van der Waals surface area contributed by atoms with Gasteiger partial charge in [0, 0.05) is 31.9 Å². The van der Waals surface area contributed by atoms with Gasteiger partial charge in [0.2, 0.25) is 0 Å². The lowest BCUT2D eigenvalue weighted by molar-refractivity contribution is 0.0218. The van der Waals surface area contributed by atoms with E-state index in [9.17, 15) is 9.90 Å². The summed E-state index contributed by atoms with van der Waals surface area (Å²) >= 11 is 0. The van der Waals surface area contributed by atoms with Gasteiger partial charge < -0.3 is 19.6 Å². The minimum Gasteiger partial charge on any atom is -0.504 e. The third-order valence-corrected chi connectivity index (χ3v) is 3.32. The van der Waals surface area contributed by atoms with Crippen molar-refractivity contribution in [2.24, 2.45) is 0 Å². The topological polar surface area (TPSA) is 65.9 Å². The number of carbonyl (C=O) groups is 1. The van der Waals surface area contributed by atoms with Crippen LogP contribution in [0.3, 0.4) is 0 Å². The molecule has 0 spiro atoms. The first-order chi connectivity index (χ1) is 9.78. The van der Waals surface area contributed by atoms with E-state index in [1.54, 1.807) is 23.2 Å². The quantitative estimate of drug-likeness (QED) is 0.860. The Labute approximate surface area is 125 Å². The number of pyridine rings is 1. The van der Waals surface area contributed by atoms with Crippen LogP contribution in [0.2, 0.25) is 0 Å². The molecule has 1 saturated heterocycles. The van der Waals surface area contributed by atoms with Crippen LogP contribution in [-0.2, 0) is 4.74 Å². The van der Waals surface area contributed by atoms with Gasteiger partial charge in [0.1, 0.15) is 5.60 Å². The lowest BCUT2D eigenvalue weighted by atomic mass is 10.2. The fourth-order valence-electron chi connectivity index (χ4n) is 2.37. The zero-order valence-corrected chi connectivity index (χ0v) is 13.0. The minimum absolute atomic E-state index is 0.0621. The summed E-state index contributed by atoms with van der Waals surface area (Å²) in [5.41, 5.74) is -0.489. The molecule has 1 aromatic rings. The van der Waals surface area contributed by atoms with Gasteiger partial charge in [-0.05, 0) is 39.8 Å². The molecule has 1 aliphatic heterocycles. The van der Waals surface area contributed by atoms with Crippen LogP contribution in [0.1, 0.15) is 27.7 Å². The van der Waals surface area contributed by atoms with Gasteiger partial charge in [-0.2, -0.15) is 0 Å². The first-order valence-electron chi connectivity index (χ1n) is 7.16. The fraction of sp³-hybridized carbons (Fsp3) is 0.600. The number of nitrogens with zero attached hydrogens (tertiary/aromatic N) is 3. The van der Waals surface area contributed by atoms with E-state index in [0.717, 1.165) is 0 Å². The van der Waals surface area contributed by atoms with E-state index in [-0.39, 0.29) is 17.9 Å². The third kappa shape index (κ3) is 3.77. The van der Waals surface area contributed by atoms with E-state index >= 15 is 0 Å². The molecule has 116 valence electrons. The molecule has 1 fully saturated rings. The van der Waals surface area contributed by atoms with E-state index in [1.165, 1.54) is 0 Å². The summed E-state index contributed by atoms with van der Waals surface area (Å²) in [7, 11) is 0. The van der Waals surface area contributed by atoms with Gasteiger partial charge in [-0.15, -0.1) is 0 Å². The summed E-state index contributed by atoms with van der Waals surface area (Å²) in [5.74, 6) is 0.726. The number of hydrogen-bond donors (Lipinski definition) is 1. The number of anilines is 1. The van der Waals surface area contributed by atoms with Crippen LogP contribution in [0, 0.1) is 0 Å². The second-order valence-corrected chi connectivity index (χ2v) is 6.31. The maximum Gasteiger partial charge on any atom is 0.410 e. The molecule has 6 nitrogen and oxygen atoms in total. The maximum absolute atomic E-state index is 12.1. The highest BCUT2D eigenvalue weighted by Crippen LogP contribution is 2.27. The Kier molecular flexibility index (Phi) is 4.25. The maximum atomic E-state index is 12.1. The number of aromatic nitrogens is 1. The number of hydrogen-bond acceptors (Lipinski definition) is 5. The Balaban J connectivity index is 2.03. The van der Waals surface area contributed by atoms with Gasteiger partial charge in [-0.3, -0.25) is 0 Å². The summed E-state index contributed by atoms with van der Waals surface area (Å²) < 4.78 is 5.39. The van der Waals surface area contributed by atoms with Crippen molar-refractivity contribution < 1.29 is 14.6 Å². The molecule has 0 aliphatic carbocycles. The van der Waals surface area contributed by atoms with Crippen molar-refractivity contribution in [3.63, 3.8) is 0 Å². The van der Waals surface area contributed by atoms with E-state index in [4.69, 9.17) is 4.74 Å². The Bertz CT molecular complexity index is 513. The summed E-state index contributed by atoms with van der Waals surface area (Å²) in [6, 6.07) is 3.38. The molecule has 1 aliphatic rings. The summed E-state index contributed by atoms with van der Waals surface area (Å²) in [5, 5.41) is 9.90. The summed E-state index contributed by atoms with van der Waals surface area (Å²) in [6.07, 6.45) is 1.36. The molecular weight excluding hydrogens is 270 g/mol. The van der Waals surface area contributed by atoms with E-state index in [1.807, 2.05) is 32.6 Å². The average molecular weight is 293 g/mol. The van der Waals surface area contributed by atoms with Crippen LogP contribution >= 0.6 is 0 Å². The normalized spacial score (nSPS) is 19.5. The SMILES string of the molecule is C[C@H]1CN(C(=O)OC(C)(C)C)CCN1c1ncccc1O. The monoisotopic (exact) mass is 293 g/mol. The molecule has 1 aromatic heterocycles. The molecule has 0 aromatic carbocycles. The first kappa shape index (κ1) is 15.4. The number of piperazine rings is 1. The predicted octanol–water partition coefficient (Wildman–Crippen LogP) is 2.23. The Morgan fingerprint density at radius 1 is 1.43 bits per heavy atom. The molecular formula is C15H23N3O3. The van der Waals surface area contributed by atoms with Gasteiger partial charge in [0.15, 0.2) is 11.6 Å². The zero-order chi connectivity index (χ0) is 15.6. The zero-order valence-electron chi connectivity index (χ0n) is 13.0. The van der Waals surface area contributed by atoms with Gasteiger partial charge in [0.05, 0.1) is 0 Å². The van der Waals surface area contributed by atoms with Gasteiger partial charge in [-0.1, -0.05) is 0 Å². The number of carbonyl (C=O) groups excluding carboxylic acids is 1. The summed E-state index contributed by atoms with van der Waals surface area (Å²) in [4.78, 5) is 20.0. The molecule has 0 saturated carbocycles.